The average Bonchev–Trinajstić information content (AvgIpc) is 2.04. The van der Waals surface area contributed by atoms with Gasteiger partial charge >= 0.3 is 0 Å². The zero-order valence-electron chi connectivity index (χ0n) is 51.4. The van der Waals surface area contributed by atoms with E-state index in [1.807, 2.05) is 0 Å². The fourth-order valence-corrected chi connectivity index (χ4v) is 15.3. The molecule has 0 saturated carbocycles. The number of sulfonamides is 4. The van der Waals surface area contributed by atoms with E-state index in [1.54, 1.807) is 24.3 Å². The molecule has 24 nitrogen and oxygen atoms in total. The lowest BCUT2D eigenvalue weighted by molar-refractivity contribution is 0.300. The van der Waals surface area contributed by atoms with Gasteiger partial charge in [0.25, 0.3) is 0 Å². The highest BCUT2D eigenvalue weighted by atomic mass is 32.2. The van der Waals surface area contributed by atoms with Crippen LogP contribution >= 0.6 is 0 Å². The quantitative estimate of drug-likeness (QED) is 0.0233. The fourth-order valence-electron chi connectivity index (χ4n) is 10.9. The summed E-state index contributed by atoms with van der Waals surface area (Å²) in [5.74, 6) is 0.282. The van der Waals surface area contributed by atoms with Crippen LogP contribution in [0.5, 0.6) is 0 Å². The van der Waals surface area contributed by atoms with Gasteiger partial charge in [-0.2, -0.15) is 0 Å². The standard InChI is InChI=1S/C60H82N16O8S4/c1-9-73(10-2)33-17-29-61-85(77,78)41-21-25-45-49(37-41)57-65-53(45)70-58-51-39-43(87(81,82)63-31-19-35-75(13-5)14-6)23-27-47(51)55(67-58)72-60-52-40-44(88(83,84)64-32-20-36-76(15-7)16-8)24-28-48(52)56(68-60)71-59-50-38-42(22-26-46(50)54(66-59)69-57)86(79,80)62-30-18-34-74(11-3)12-4/h21-28,37-40,61-64H,9-20,29-36H2,1-8H3,(H2,65,66,67,68,69,70,71,72). The Labute approximate surface area is 517 Å². The molecule has 9 rings (SSSR count). The molecule has 0 atom stereocenters. The molecule has 8 bridgehead atoms. The molecule has 0 saturated heterocycles. The van der Waals surface area contributed by atoms with Crippen LogP contribution in [0.4, 0.5) is 0 Å². The van der Waals surface area contributed by atoms with Crippen LogP contribution in [-0.2, 0) is 40.1 Å². The van der Waals surface area contributed by atoms with E-state index in [4.69, 9.17) is 29.9 Å². The summed E-state index contributed by atoms with van der Waals surface area (Å²) in [6.07, 6.45) is 2.32. The number of aromatic nitrogens is 8. The van der Waals surface area contributed by atoms with Crippen LogP contribution in [0.1, 0.15) is 81.1 Å². The molecule has 2 aliphatic heterocycles. The number of hydrogen-bond acceptors (Lipinski definition) is 18. The van der Waals surface area contributed by atoms with Crippen molar-refractivity contribution in [1.82, 2.24) is 78.4 Å². The first-order chi connectivity index (χ1) is 42.2. The third-order valence-electron chi connectivity index (χ3n) is 16.3. The second-order valence-electron chi connectivity index (χ2n) is 21.6. The normalized spacial score (nSPS) is 13.0. The molecule has 3 aromatic heterocycles. The van der Waals surface area contributed by atoms with Gasteiger partial charge in [0.1, 0.15) is 22.6 Å². The summed E-state index contributed by atoms with van der Waals surface area (Å²) in [6, 6.07) is 18.2. The minimum absolute atomic E-state index is 0.0418. The summed E-state index contributed by atoms with van der Waals surface area (Å²) in [5, 5.41) is 1.51. The molecule has 5 heterocycles. The first-order valence-electron chi connectivity index (χ1n) is 30.5. The third kappa shape index (κ3) is 15.0. The van der Waals surface area contributed by atoms with Crippen molar-refractivity contribution in [2.45, 2.75) is 101 Å². The van der Waals surface area contributed by atoms with E-state index < -0.39 is 40.1 Å². The molecule has 0 radical (unpaired) electrons. The van der Waals surface area contributed by atoms with Gasteiger partial charge in [-0.3, -0.25) is 0 Å². The summed E-state index contributed by atoms with van der Waals surface area (Å²) in [4.78, 5) is 45.5. The Kier molecular flexibility index (Phi) is 21.6. The Morgan fingerprint density at radius 3 is 0.852 bits per heavy atom. The molecule has 0 spiro atoms. The molecule has 0 amide bonds. The minimum atomic E-state index is -4.08. The van der Waals surface area contributed by atoms with Gasteiger partial charge in [-0.25, -0.2) is 82.5 Å². The summed E-state index contributed by atoms with van der Waals surface area (Å²) in [7, 11) is -16.3. The van der Waals surface area contributed by atoms with Gasteiger partial charge in [0, 0.05) is 70.0 Å². The van der Waals surface area contributed by atoms with Crippen molar-refractivity contribution >= 4 is 84.2 Å². The zero-order chi connectivity index (χ0) is 63.0. The molecule has 28 heteroatoms. The molecule has 0 fully saturated rings. The lowest BCUT2D eigenvalue weighted by Crippen LogP contribution is -2.30. The fraction of sp³-hybridized carbons (Fsp3) is 0.467. The van der Waals surface area contributed by atoms with Gasteiger partial charge in [-0.1, -0.05) is 55.4 Å². The van der Waals surface area contributed by atoms with E-state index in [1.165, 1.54) is 48.5 Å². The van der Waals surface area contributed by atoms with E-state index in [-0.39, 0.29) is 91.6 Å². The highest BCUT2D eigenvalue weighted by Gasteiger charge is 2.28. The smallest absolute Gasteiger partial charge is 0.240 e. The maximum absolute atomic E-state index is 14.1. The maximum Gasteiger partial charge on any atom is 0.240 e. The highest BCUT2D eigenvalue weighted by Crippen LogP contribution is 2.39. The van der Waals surface area contributed by atoms with Crippen LogP contribution in [0.15, 0.2) is 92.4 Å². The highest BCUT2D eigenvalue weighted by molar-refractivity contribution is 7.90. The van der Waals surface area contributed by atoms with Gasteiger partial charge in [-0.15, -0.1) is 0 Å². The number of fused-ring (bicyclic) bond motifs is 20. The summed E-state index contributed by atoms with van der Waals surface area (Å²) >= 11 is 0. The van der Waals surface area contributed by atoms with Crippen molar-refractivity contribution in [3.8, 4) is 45.6 Å². The lowest BCUT2D eigenvalue weighted by Gasteiger charge is -2.17. The molecule has 474 valence electrons. The molecule has 7 aromatic rings. The van der Waals surface area contributed by atoms with Crippen LogP contribution in [0.25, 0.3) is 89.7 Å². The molecule has 2 aliphatic rings. The maximum atomic E-state index is 14.1. The van der Waals surface area contributed by atoms with E-state index in [9.17, 15) is 33.7 Å². The first kappa shape index (κ1) is 66.1. The Balaban J connectivity index is 1.27. The van der Waals surface area contributed by atoms with Gasteiger partial charge in [-0.05, 0) is 177 Å². The van der Waals surface area contributed by atoms with Crippen LogP contribution in [0, 0.1) is 0 Å². The van der Waals surface area contributed by atoms with E-state index in [0.29, 0.717) is 95.7 Å². The molecule has 6 N–H and O–H groups in total. The van der Waals surface area contributed by atoms with Crippen molar-refractivity contribution in [2.24, 2.45) is 0 Å². The van der Waals surface area contributed by atoms with Crippen molar-refractivity contribution in [3.63, 3.8) is 0 Å². The summed E-state index contributed by atoms with van der Waals surface area (Å²) in [5.41, 5.74) is 2.03. The van der Waals surface area contributed by atoms with Crippen molar-refractivity contribution < 1.29 is 33.7 Å². The Bertz CT molecular complexity index is 4030. The minimum Gasteiger partial charge on any atom is -0.324 e. The number of nitrogens with zero attached hydrogens (tertiary/aromatic N) is 10. The molecule has 4 aromatic carbocycles. The predicted molar refractivity (Wildman–Crippen MR) is 346 cm³/mol. The molecule has 88 heavy (non-hydrogen) atoms. The van der Waals surface area contributed by atoms with Crippen LogP contribution in [0.3, 0.4) is 0 Å². The topological polar surface area (TPSA) is 307 Å². The Hall–Kier alpha value is -6.28. The van der Waals surface area contributed by atoms with Gasteiger partial charge in [0.15, 0.2) is 23.3 Å². The van der Waals surface area contributed by atoms with E-state index in [2.05, 4.69) is 104 Å². The predicted octanol–water partition coefficient (Wildman–Crippen LogP) is 6.91. The molecular formula is C60H82N16O8S4. The van der Waals surface area contributed by atoms with Gasteiger partial charge in [0.2, 0.25) is 40.1 Å². The first-order valence-corrected chi connectivity index (χ1v) is 36.4. The monoisotopic (exact) mass is 1280 g/mol. The van der Waals surface area contributed by atoms with Crippen molar-refractivity contribution in [3.05, 3.63) is 72.8 Å². The number of H-pyrrole nitrogens is 2. The molecule has 0 unspecified atom stereocenters. The SMILES string of the molecule is CCN(CC)CCCNS(=O)(=O)c1ccc2c(c1)-c1nc-2nc2[nH]c(nc3nc(nc4[nH]c(n1)c1ccc(S(=O)(=O)NCCCN(CC)CC)cc41)-c1ccc(S(=O)(=O)NCCCN(CC)CC)cc1-3)c1ccc(S(=O)(=O)NCCCN(CC)CC)cc21. The second-order valence-corrected chi connectivity index (χ2v) is 28.6. The largest absolute Gasteiger partial charge is 0.324 e. The summed E-state index contributed by atoms with van der Waals surface area (Å²) in [6.45, 7) is 26.7. The number of nitrogens with one attached hydrogen (secondary N) is 6. The van der Waals surface area contributed by atoms with Crippen LogP contribution < -0.4 is 18.9 Å². The van der Waals surface area contributed by atoms with Gasteiger partial charge in [0.05, 0.1) is 19.6 Å². The number of aromatic amines is 2. The number of rotatable bonds is 32. The van der Waals surface area contributed by atoms with E-state index in [0.717, 1.165) is 52.4 Å². The van der Waals surface area contributed by atoms with Crippen molar-refractivity contribution in [1.29, 1.82) is 0 Å². The lowest BCUT2D eigenvalue weighted by atomic mass is 10.1. The second kappa shape index (κ2) is 28.7. The van der Waals surface area contributed by atoms with Crippen LogP contribution in [0.2, 0.25) is 0 Å². The van der Waals surface area contributed by atoms with Gasteiger partial charge < -0.3 is 29.6 Å². The average molecular weight is 1280 g/mol. The Morgan fingerprint density at radius 1 is 0.318 bits per heavy atom. The third-order valence-corrected chi connectivity index (χ3v) is 22.1. The number of hydrogen-bond donors (Lipinski definition) is 6. The van der Waals surface area contributed by atoms with Crippen LogP contribution in [-0.4, -0.2) is 198 Å². The molecule has 0 aliphatic carbocycles. The zero-order valence-corrected chi connectivity index (χ0v) is 54.7. The molecular weight excluding hydrogens is 1200 g/mol. The summed E-state index contributed by atoms with van der Waals surface area (Å²) < 4.78 is 124. The number of benzene rings is 4. The van der Waals surface area contributed by atoms with Crippen molar-refractivity contribution in [2.75, 3.05) is 105 Å². The van der Waals surface area contributed by atoms with E-state index >= 15 is 0 Å². The Morgan fingerprint density at radius 2 is 0.568 bits per heavy atom.